The van der Waals surface area contributed by atoms with Crippen LogP contribution in [0.3, 0.4) is 0 Å². The van der Waals surface area contributed by atoms with Gasteiger partial charge in [0.25, 0.3) is 0 Å². The molecule has 23 heavy (non-hydrogen) atoms. The van der Waals surface area contributed by atoms with E-state index in [9.17, 15) is 14.0 Å². The maximum absolute atomic E-state index is 13.8. The molecule has 5 heteroatoms. The number of carbonyl (C=O) groups excluding carboxylic acids is 2. The minimum Gasteiger partial charge on any atom is -0.355 e. The number of benzene rings is 1. The van der Waals surface area contributed by atoms with E-state index < -0.39 is 0 Å². The van der Waals surface area contributed by atoms with E-state index in [2.05, 4.69) is 5.32 Å². The molecule has 4 rings (SSSR count). The van der Waals surface area contributed by atoms with Crippen LogP contribution in [0, 0.1) is 17.2 Å². The molecule has 1 aliphatic carbocycles. The Balaban J connectivity index is 1.59. The Kier molecular flexibility index (Phi) is 3.39. The van der Waals surface area contributed by atoms with Gasteiger partial charge in [0.15, 0.2) is 0 Å². The summed E-state index contributed by atoms with van der Waals surface area (Å²) in [4.78, 5) is 27.1. The minimum atomic E-state index is -0.386. The maximum Gasteiger partial charge on any atom is 0.228 e. The molecular weight excluding hydrogens is 295 g/mol. The Morgan fingerprint density at radius 1 is 1.35 bits per heavy atom. The summed E-state index contributed by atoms with van der Waals surface area (Å²) in [5.74, 6) is -0.0572. The van der Waals surface area contributed by atoms with Gasteiger partial charge in [-0.15, -0.1) is 0 Å². The molecule has 4 nitrogen and oxygen atoms in total. The first-order valence-corrected chi connectivity index (χ1v) is 8.44. The first kappa shape index (κ1) is 14.7. The topological polar surface area (TPSA) is 49.4 Å². The van der Waals surface area contributed by atoms with E-state index in [4.69, 9.17) is 0 Å². The van der Waals surface area contributed by atoms with Gasteiger partial charge in [-0.3, -0.25) is 9.59 Å². The van der Waals surface area contributed by atoms with Crippen LogP contribution in [0.1, 0.15) is 31.2 Å². The lowest BCUT2D eigenvalue weighted by atomic mass is 9.67. The average Bonchev–Trinajstić information content (AvgIpc) is 3.04. The van der Waals surface area contributed by atoms with E-state index in [0.717, 1.165) is 25.7 Å². The van der Waals surface area contributed by atoms with Gasteiger partial charge in [0.2, 0.25) is 11.8 Å². The number of nitrogens with one attached hydrogen (secondary N) is 1. The molecule has 2 aliphatic heterocycles. The first-order chi connectivity index (χ1) is 11.1. The zero-order valence-corrected chi connectivity index (χ0v) is 13.1. The number of halogens is 1. The molecule has 1 aromatic carbocycles. The molecule has 1 spiro atoms. The molecule has 3 fully saturated rings. The summed E-state index contributed by atoms with van der Waals surface area (Å²) >= 11 is 0. The van der Waals surface area contributed by atoms with Crippen LogP contribution in [0.25, 0.3) is 0 Å². The second-order valence-electron chi connectivity index (χ2n) is 7.02. The molecule has 2 heterocycles. The summed E-state index contributed by atoms with van der Waals surface area (Å²) in [6.07, 6.45) is 3.93. The van der Waals surface area contributed by atoms with E-state index in [1.165, 1.54) is 6.07 Å². The third-order valence-corrected chi connectivity index (χ3v) is 5.99. The predicted molar refractivity (Wildman–Crippen MR) is 83.0 cm³/mol. The van der Waals surface area contributed by atoms with Crippen LogP contribution in [0.5, 0.6) is 0 Å². The van der Waals surface area contributed by atoms with Crippen molar-refractivity contribution in [3.63, 3.8) is 0 Å². The zero-order valence-electron chi connectivity index (χ0n) is 13.1. The van der Waals surface area contributed by atoms with E-state index in [1.807, 2.05) is 4.90 Å². The molecule has 0 unspecified atom stereocenters. The van der Waals surface area contributed by atoms with Crippen LogP contribution in [0.4, 0.5) is 4.39 Å². The summed E-state index contributed by atoms with van der Waals surface area (Å²) in [5, 5.41) is 2.99. The van der Waals surface area contributed by atoms with Crippen LogP contribution in [0.15, 0.2) is 24.3 Å². The van der Waals surface area contributed by atoms with Crippen molar-refractivity contribution in [2.75, 3.05) is 13.1 Å². The standard InChI is InChI=1S/C18H21FN2O2/c19-14-6-2-1-5-12(14)9-16(22)21-11-13-10-20-17(23)18(13)8-4-3-7-15(18)21/h1-2,5-6,13,15H,3-4,7-11H2,(H,20,23)/t13-,15-,18-/m1/s1. The van der Waals surface area contributed by atoms with E-state index in [-0.39, 0.29) is 41.4 Å². The highest BCUT2D eigenvalue weighted by molar-refractivity contribution is 5.89. The fourth-order valence-corrected chi connectivity index (χ4v) is 4.88. The Labute approximate surface area is 135 Å². The molecule has 1 aromatic rings. The molecule has 0 aromatic heterocycles. The molecule has 0 radical (unpaired) electrons. The van der Waals surface area contributed by atoms with Crippen molar-refractivity contribution in [1.82, 2.24) is 10.2 Å². The Hall–Kier alpha value is -1.91. The van der Waals surface area contributed by atoms with Crippen molar-refractivity contribution < 1.29 is 14.0 Å². The first-order valence-electron chi connectivity index (χ1n) is 8.44. The molecule has 122 valence electrons. The van der Waals surface area contributed by atoms with Crippen molar-refractivity contribution in [1.29, 1.82) is 0 Å². The second kappa shape index (κ2) is 5.32. The third-order valence-electron chi connectivity index (χ3n) is 5.99. The second-order valence-corrected chi connectivity index (χ2v) is 7.02. The summed E-state index contributed by atoms with van der Waals surface area (Å²) in [6.45, 7) is 1.29. The lowest BCUT2D eigenvalue weighted by molar-refractivity contribution is -0.137. The summed E-state index contributed by atoms with van der Waals surface area (Å²) in [6, 6.07) is 6.41. The number of likely N-dealkylation sites (tertiary alicyclic amines) is 1. The van der Waals surface area contributed by atoms with Crippen LogP contribution >= 0.6 is 0 Å². The molecule has 2 saturated heterocycles. The Bertz CT molecular complexity index is 662. The Morgan fingerprint density at radius 3 is 3.00 bits per heavy atom. The van der Waals surface area contributed by atoms with Gasteiger partial charge < -0.3 is 10.2 Å². The maximum atomic E-state index is 13.8. The smallest absolute Gasteiger partial charge is 0.228 e. The lowest BCUT2D eigenvalue weighted by Gasteiger charge is -2.39. The molecule has 0 bridgehead atoms. The van der Waals surface area contributed by atoms with Crippen LogP contribution in [0.2, 0.25) is 0 Å². The van der Waals surface area contributed by atoms with Gasteiger partial charge in [0, 0.05) is 25.0 Å². The highest BCUT2D eigenvalue weighted by atomic mass is 19.1. The molecule has 3 atom stereocenters. The fraction of sp³-hybridized carbons (Fsp3) is 0.556. The van der Waals surface area contributed by atoms with Gasteiger partial charge in [-0.1, -0.05) is 31.0 Å². The molecule has 1 N–H and O–H groups in total. The number of hydrogen-bond donors (Lipinski definition) is 1. The van der Waals surface area contributed by atoms with Crippen molar-refractivity contribution in [3.8, 4) is 0 Å². The molecule has 3 aliphatic rings. The quantitative estimate of drug-likeness (QED) is 0.906. The number of nitrogens with zero attached hydrogens (tertiary/aromatic N) is 1. The predicted octanol–water partition coefficient (Wildman–Crippen LogP) is 1.89. The van der Waals surface area contributed by atoms with Gasteiger partial charge in [-0.2, -0.15) is 0 Å². The van der Waals surface area contributed by atoms with Gasteiger partial charge in [0.1, 0.15) is 5.82 Å². The van der Waals surface area contributed by atoms with Gasteiger partial charge in [-0.05, 0) is 24.5 Å². The highest BCUT2D eigenvalue weighted by Gasteiger charge is 2.62. The van der Waals surface area contributed by atoms with Crippen molar-refractivity contribution in [3.05, 3.63) is 35.6 Å². The minimum absolute atomic E-state index is 0.0111. The van der Waals surface area contributed by atoms with E-state index in [1.54, 1.807) is 18.2 Å². The summed E-state index contributed by atoms with van der Waals surface area (Å²) in [5.41, 5.74) is 0.0484. The van der Waals surface area contributed by atoms with Crippen LogP contribution < -0.4 is 5.32 Å². The van der Waals surface area contributed by atoms with Gasteiger partial charge in [0.05, 0.1) is 11.8 Å². The highest BCUT2D eigenvalue weighted by Crippen LogP contribution is 2.52. The number of hydrogen-bond acceptors (Lipinski definition) is 2. The fourth-order valence-electron chi connectivity index (χ4n) is 4.88. The average molecular weight is 316 g/mol. The molecule has 1 saturated carbocycles. The van der Waals surface area contributed by atoms with E-state index >= 15 is 0 Å². The largest absolute Gasteiger partial charge is 0.355 e. The molecular formula is C18H21FN2O2. The van der Waals surface area contributed by atoms with Crippen LogP contribution in [-0.4, -0.2) is 35.8 Å². The lowest BCUT2D eigenvalue weighted by Crippen LogP contribution is -2.50. The van der Waals surface area contributed by atoms with Crippen molar-refractivity contribution in [2.45, 2.75) is 38.1 Å². The van der Waals surface area contributed by atoms with Crippen molar-refractivity contribution in [2.24, 2.45) is 11.3 Å². The van der Waals surface area contributed by atoms with Crippen LogP contribution in [-0.2, 0) is 16.0 Å². The zero-order chi connectivity index (χ0) is 16.0. The number of rotatable bonds is 2. The number of amides is 2. The normalized spacial score (nSPS) is 32.4. The van der Waals surface area contributed by atoms with E-state index in [0.29, 0.717) is 18.7 Å². The SMILES string of the molecule is O=C(Cc1ccccc1F)N1C[C@H]2CNC(=O)[C@]23CCCC[C@@H]13. The summed E-state index contributed by atoms with van der Waals surface area (Å²) in [7, 11) is 0. The summed E-state index contributed by atoms with van der Waals surface area (Å²) < 4.78 is 13.8. The van der Waals surface area contributed by atoms with Gasteiger partial charge in [-0.25, -0.2) is 4.39 Å². The van der Waals surface area contributed by atoms with Crippen molar-refractivity contribution >= 4 is 11.8 Å². The number of carbonyl (C=O) groups is 2. The van der Waals surface area contributed by atoms with Gasteiger partial charge >= 0.3 is 0 Å². The third kappa shape index (κ3) is 2.09. The Morgan fingerprint density at radius 2 is 2.17 bits per heavy atom. The monoisotopic (exact) mass is 316 g/mol. The molecule has 2 amide bonds.